The molecule has 1 aromatic carbocycles. The number of nitrogens with one attached hydrogen (secondary N) is 1. The first-order valence-corrected chi connectivity index (χ1v) is 11.7. The van der Waals surface area contributed by atoms with Crippen LogP contribution in [0, 0.1) is 5.82 Å². The number of hydrogen-bond donors (Lipinski definition) is 1. The minimum Gasteiger partial charge on any atom is -0.492 e. The van der Waals surface area contributed by atoms with Crippen LogP contribution in [0.1, 0.15) is 6.92 Å². The summed E-state index contributed by atoms with van der Waals surface area (Å²) in [7, 11) is 0. The van der Waals surface area contributed by atoms with E-state index < -0.39 is 5.82 Å². The minimum atomic E-state index is -0.489. The Hall–Kier alpha value is -3.63. The van der Waals surface area contributed by atoms with E-state index in [1.165, 1.54) is 17.5 Å². The van der Waals surface area contributed by atoms with Gasteiger partial charge in [-0.3, -0.25) is 4.68 Å². The number of nitrogens with zero attached hydrogens (tertiary/aromatic N) is 6. The summed E-state index contributed by atoms with van der Waals surface area (Å²) in [5.41, 5.74) is 2.00. The minimum absolute atomic E-state index is 0.239. The molecular weight excluding hydrogens is 477 g/mol. The Kier molecular flexibility index (Phi) is 6.33. The Labute approximate surface area is 203 Å². The maximum atomic E-state index is 14.8. The molecule has 0 unspecified atom stereocenters. The van der Waals surface area contributed by atoms with Crippen LogP contribution in [-0.4, -0.2) is 43.1 Å². The Bertz CT molecular complexity index is 1440. The van der Waals surface area contributed by atoms with Gasteiger partial charge in [0.2, 0.25) is 5.95 Å². The highest BCUT2D eigenvalue weighted by atomic mass is 35.5. The van der Waals surface area contributed by atoms with Gasteiger partial charge in [0.15, 0.2) is 5.82 Å². The van der Waals surface area contributed by atoms with Gasteiger partial charge in [-0.15, -0.1) is 16.4 Å². The lowest BCUT2D eigenvalue weighted by Crippen LogP contribution is -2.13. The molecule has 0 amide bonds. The number of pyridine rings is 1. The molecule has 11 heteroatoms. The number of halogens is 2. The van der Waals surface area contributed by atoms with Crippen molar-refractivity contribution in [1.29, 1.82) is 0 Å². The number of anilines is 1. The summed E-state index contributed by atoms with van der Waals surface area (Å²) in [4.78, 5) is 13.3. The smallest absolute Gasteiger partial charge is 0.223 e. The van der Waals surface area contributed by atoms with Crippen molar-refractivity contribution in [2.75, 3.05) is 18.5 Å². The molecule has 0 saturated heterocycles. The second-order valence-corrected chi connectivity index (χ2v) is 8.69. The third kappa shape index (κ3) is 4.55. The number of benzene rings is 1. The van der Waals surface area contributed by atoms with Crippen LogP contribution in [0.3, 0.4) is 0 Å². The highest BCUT2D eigenvalue weighted by molar-refractivity contribution is 7.22. The molecule has 0 aliphatic carbocycles. The molecule has 5 aromatic rings. The van der Waals surface area contributed by atoms with E-state index in [1.807, 2.05) is 31.2 Å². The fraction of sp³-hybridized carbons (Fsp3) is 0.174. The molecular formula is C23H19ClFN7OS. The molecule has 0 saturated carbocycles. The molecule has 0 aliphatic rings. The van der Waals surface area contributed by atoms with Crippen LogP contribution in [0.2, 0.25) is 5.15 Å². The van der Waals surface area contributed by atoms with Crippen molar-refractivity contribution in [3.8, 4) is 27.4 Å². The molecule has 4 heterocycles. The van der Waals surface area contributed by atoms with Gasteiger partial charge in [0.05, 0.1) is 36.6 Å². The molecule has 34 heavy (non-hydrogen) atoms. The van der Waals surface area contributed by atoms with E-state index in [0.29, 0.717) is 41.4 Å². The first-order chi connectivity index (χ1) is 16.6. The first-order valence-electron chi connectivity index (χ1n) is 10.5. The summed E-state index contributed by atoms with van der Waals surface area (Å²) in [5.74, 6) is 0.493. The summed E-state index contributed by atoms with van der Waals surface area (Å²) in [5, 5.41) is 12.1. The second-order valence-electron chi connectivity index (χ2n) is 7.25. The fourth-order valence-electron chi connectivity index (χ4n) is 3.55. The number of ether oxygens (including phenoxy) is 1. The van der Waals surface area contributed by atoms with Crippen LogP contribution in [0.15, 0.2) is 55.1 Å². The van der Waals surface area contributed by atoms with Crippen molar-refractivity contribution in [2.24, 2.45) is 0 Å². The van der Waals surface area contributed by atoms with Gasteiger partial charge in [0, 0.05) is 28.6 Å². The zero-order valence-electron chi connectivity index (χ0n) is 18.1. The summed E-state index contributed by atoms with van der Waals surface area (Å²) in [6, 6.07) is 9.63. The number of aromatic nitrogens is 6. The van der Waals surface area contributed by atoms with Gasteiger partial charge < -0.3 is 10.1 Å². The van der Waals surface area contributed by atoms with E-state index in [4.69, 9.17) is 16.3 Å². The van der Waals surface area contributed by atoms with Crippen molar-refractivity contribution >= 4 is 39.0 Å². The van der Waals surface area contributed by atoms with Crippen LogP contribution in [0.4, 0.5) is 10.3 Å². The Morgan fingerprint density at radius 1 is 1.18 bits per heavy atom. The van der Waals surface area contributed by atoms with E-state index in [-0.39, 0.29) is 5.69 Å². The molecule has 4 aromatic heterocycles. The first kappa shape index (κ1) is 22.2. The van der Waals surface area contributed by atoms with E-state index in [0.717, 1.165) is 21.2 Å². The Balaban J connectivity index is 1.49. The maximum absolute atomic E-state index is 14.8. The van der Waals surface area contributed by atoms with E-state index in [9.17, 15) is 4.39 Å². The quantitative estimate of drug-likeness (QED) is 0.291. The molecule has 172 valence electrons. The van der Waals surface area contributed by atoms with Gasteiger partial charge in [-0.1, -0.05) is 35.0 Å². The van der Waals surface area contributed by atoms with Crippen LogP contribution < -0.4 is 10.1 Å². The molecule has 0 spiro atoms. The highest BCUT2D eigenvalue weighted by Gasteiger charge is 2.17. The normalized spacial score (nSPS) is 11.1. The van der Waals surface area contributed by atoms with E-state index in [2.05, 4.69) is 30.6 Å². The summed E-state index contributed by atoms with van der Waals surface area (Å²) in [6.45, 7) is 3.52. The predicted molar refractivity (Wildman–Crippen MR) is 131 cm³/mol. The monoisotopic (exact) mass is 495 g/mol. The topological polar surface area (TPSA) is 90.6 Å². The highest BCUT2D eigenvalue weighted by Crippen LogP contribution is 2.42. The van der Waals surface area contributed by atoms with Crippen molar-refractivity contribution in [1.82, 2.24) is 29.9 Å². The molecule has 0 radical (unpaired) electrons. The Morgan fingerprint density at radius 2 is 2.09 bits per heavy atom. The lowest BCUT2D eigenvalue weighted by atomic mass is 10.0. The predicted octanol–water partition coefficient (Wildman–Crippen LogP) is 5.32. The van der Waals surface area contributed by atoms with E-state index >= 15 is 0 Å². The molecule has 0 atom stereocenters. The largest absolute Gasteiger partial charge is 0.492 e. The van der Waals surface area contributed by atoms with Gasteiger partial charge in [-0.25, -0.2) is 19.3 Å². The Morgan fingerprint density at radius 3 is 2.91 bits per heavy atom. The lowest BCUT2D eigenvalue weighted by molar-refractivity contribution is 0.340. The fourth-order valence-corrected chi connectivity index (χ4v) is 4.89. The van der Waals surface area contributed by atoms with Gasteiger partial charge in [0.25, 0.3) is 0 Å². The maximum Gasteiger partial charge on any atom is 0.223 e. The molecule has 8 nitrogen and oxygen atoms in total. The second kappa shape index (κ2) is 9.70. The summed E-state index contributed by atoms with van der Waals surface area (Å²) in [6.07, 6.45) is 6.18. The molecule has 1 N–H and O–H groups in total. The molecule has 5 rings (SSSR count). The SMILES string of the molecule is CCOc1cnc(Cl)cc1-c1cccc2cc(-c3nc(NCCn4ccnn4)ncc3F)sc12. The molecule has 0 aliphatic heterocycles. The van der Waals surface area contributed by atoms with Crippen LogP contribution in [0.5, 0.6) is 5.75 Å². The van der Waals surface area contributed by atoms with Crippen molar-refractivity contribution in [3.63, 3.8) is 0 Å². The number of thiophene rings is 1. The van der Waals surface area contributed by atoms with Gasteiger partial charge in [-0.2, -0.15) is 0 Å². The zero-order chi connectivity index (χ0) is 23.5. The summed E-state index contributed by atoms with van der Waals surface area (Å²) >= 11 is 7.64. The van der Waals surface area contributed by atoms with Crippen molar-refractivity contribution in [2.45, 2.75) is 13.5 Å². The van der Waals surface area contributed by atoms with Crippen LogP contribution >= 0.6 is 22.9 Å². The number of hydrogen-bond acceptors (Lipinski definition) is 8. The molecule has 0 fully saturated rings. The van der Waals surface area contributed by atoms with E-state index in [1.54, 1.807) is 29.3 Å². The van der Waals surface area contributed by atoms with Gasteiger partial charge >= 0.3 is 0 Å². The van der Waals surface area contributed by atoms with Crippen LogP contribution in [0.25, 0.3) is 31.8 Å². The van der Waals surface area contributed by atoms with Gasteiger partial charge in [0.1, 0.15) is 16.6 Å². The zero-order valence-corrected chi connectivity index (χ0v) is 19.6. The lowest BCUT2D eigenvalue weighted by Gasteiger charge is -2.11. The number of fused-ring (bicyclic) bond motifs is 1. The standard InChI is InChI=1S/C23H19ClFN7OS/c1-2-33-18-13-27-20(24)11-16(18)15-5-3-4-14-10-19(34-22(14)15)21-17(25)12-28-23(30-21)26-6-8-32-9-7-29-31-32/h3-5,7,9-13H,2,6,8H2,1H3,(H,26,28,30). The average molecular weight is 496 g/mol. The average Bonchev–Trinajstić information content (AvgIpc) is 3.51. The molecule has 0 bridgehead atoms. The third-order valence-electron chi connectivity index (χ3n) is 5.04. The summed E-state index contributed by atoms with van der Waals surface area (Å²) < 4.78 is 23.2. The third-order valence-corrected chi connectivity index (χ3v) is 6.44. The van der Waals surface area contributed by atoms with Crippen LogP contribution in [-0.2, 0) is 6.54 Å². The number of rotatable bonds is 8. The van der Waals surface area contributed by atoms with Crippen molar-refractivity contribution < 1.29 is 9.13 Å². The van der Waals surface area contributed by atoms with Gasteiger partial charge in [-0.05, 0) is 24.4 Å². The van der Waals surface area contributed by atoms with Crippen molar-refractivity contribution in [3.05, 3.63) is 66.1 Å².